The zero-order valence-electron chi connectivity index (χ0n) is 8.87. The van der Waals surface area contributed by atoms with Gasteiger partial charge in [-0.25, -0.2) is 5.10 Å². The topological polar surface area (TPSA) is 74.8 Å². The molecule has 2 aromatic rings. The lowest BCUT2D eigenvalue weighted by Crippen LogP contribution is -2.25. The molecule has 0 fully saturated rings. The highest BCUT2D eigenvalue weighted by Crippen LogP contribution is 2.11. The highest BCUT2D eigenvalue weighted by atomic mass is 35.5. The van der Waals surface area contributed by atoms with Gasteiger partial charge in [0.15, 0.2) is 0 Å². The molecule has 17 heavy (non-hydrogen) atoms. The zero-order chi connectivity index (χ0) is 12.3. The molecule has 2 N–H and O–H groups in total. The Morgan fingerprint density at radius 1 is 1.35 bits per heavy atom. The number of carbonyl (C=O) groups is 1. The predicted octanol–water partition coefficient (Wildman–Crippen LogP) is 0.778. The monoisotopic (exact) mass is 251 g/mol. The van der Waals surface area contributed by atoms with Gasteiger partial charge in [0.2, 0.25) is 5.91 Å². The second-order valence-corrected chi connectivity index (χ2v) is 3.72. The molecule has 6 heteroatoms. The molecule has 0 unspecified atom stereocenters. The van der Waals surface area contributed by atoms with Crippen LogP contribution >= 0.6 is 11.6 Å². The van der Waals surface area contributed by atoms with E-state index in [0.717, 1.165) is 5.39 Å². The third-order valence-electron chi connectivity index (χ3n) is 2.35. The molecular weight excluding hydrogens is 242 g/mol. The van der Waals surface area contributed by atoms with E-state index in [1.54, 1.807) is 18.2 Å². The molecule has 0 aliphatic heterocycles. The van der Waals surface area contributed by atoms with Crippen LogP contribution in [0.1, 0.15) is 5.69 Å². The van der Waals surface area contributed by atoms with Crippen molar-refractivity contribution in [1.29, 1.82) is 0 Å². The van der Waals surface area contributed by atoms with Crippen LogP contribution in [0.3, 0.4) is 0 Å². The lowest BCUT2D eigenvalue weighted by molar-refractivity contribution is -0.118. The summed E-state index contributed by atoms with van der Waals surface area (Å²) in [6, 6.07) is 7.09. The minimum absolute atomic E-state index is 0.0959. The Balaban J connectivity index is 2.38. The Hall–Kier alpha value is -1.88. The summed E-state index contributed by atoms with van der Waals surface area (Å²) in [7, 11) is 0. The normalized spacial score (nSPS) is 10.4. The molecule has 0 radical (unpaired) electrons. The Morgan fingerprint density at radius 3 is 2.76 bits per heavy atom. The maximum Gasteiger partial charge on any atom is 0.272 e. The average molecular weight is 252 g/mol. The molecule has 2 rings (SSSR count). The predicted molar refractivity (Wildman–Crippen MR) is 64.9 cm³/mol. The number of hydrogen-bond donors (Lipinski definition) is 2. The molecule has 88 valence electrons. The number of carbonyl (C=O) groups excluding carboxylic acids is 1. The molecule has 1 heterocycles. The van der Waals surface area contributed by atoms with Crippen molar-refractivity contribution >= 4 is 28.3 Å². The number of H-pyrrole nitrogens is 1. The van der Waals surface area contributed by atoms with Gasteiger partial charge in [-0.3, -0.25) is 9.59 Å². The fourth-order valence-corrected chi connectivity index (χ4v) is 1.63. The Bertz CT molecular complexity index is 609. The molecule has 1 aromatic heterocycles. The lowest BCUT2D eigenvalue weighted by atomic mass is 10.1. The number of fused-ring (bicyclic) bond motifs is 1. The molecule has 0 atom stereocenters. The summed E-state index contributed by atoms with van der Waals surface area (Å²) >= 11 is 5.37. The van der Waals surface area contributed by atoms with Crippen molar-refractivity contribution < 1.29 is 4.79 Å². The molecule has 0 saturated carbocycles. The van der Waals surface area contributed by atoms with Crippen LogP contribution in [0.2, 0.25) is 0 Å². The quantitative estimate of drug-likeness (QED) is 0.792. The van der Waals surface area contributed by atoms with Gasteiger partial charge < -0.3 is 5.32 Å². The van der Waals surface area contributed by atoms with Crippen LogP contribution in [0.4, 0.5) is 0 Å². The van der Waals surface area contributed by atoms with Gasteiger partial charge in [-0.05, 0) is 6.07 Å². The van der Waals surface area contributed by atoms with Crippen molar-refractivity contribution in [3.63, 3.8) is 0 Å². The van der Waals surface area contributed by atoms with E-state index in [2.05, 4.69) is 15.5 Å². The van der Waals surface area contributed by atoms with Gasteiger partial charge in [0, 0.05) is 5.39 Å². The number of nitrogens with zero attached hydrogens (tertiary/aromatic N) is 1. The van der Waals surface area contributed by atoms with E-state index in [4.69, 9.17) is 11.6 Å². The first-order valence-corrected chi connectivity index (χ1v) is 5.55. The van der Waals surface area contributed by atoms with E-state index < -0.39 is 0 Å². The number of benzene rings is 1. The van der Waals surface area contributed by atoms with Crippen LogP contribution in [0.15, 0.2) is 29.1 Å². The van der Waals surface area contributed by atoms with E-state index in [9.17, 15) is 9.59 Å². The summed E-state index contributed by atoms with van der Waals surface area (Å²) in [5.41, 5.74) is 0.367. The van der Waals surface area contributed by atoms with Crippen molar-refractivity contribution in [2.45, 2.75) is 6.54 Å². The minimum atomic E-state index is -0.274. The van der Waals surface area contributed by atoms with E-state index in [1.165, 1.54) is 0 Å². The minimum Gasteiger partial charge on any atom is -0.349 e. The van der Waals surface area contributed by atoms with Gasteiger partial charge in [-0.2, -0.15) is 5.10 Å². The van der Waals surface area contributed by atoms with Crippen molar-refractivity contribution in [3.8, 4) is 0 Å². The first-order valence-electron chi connectivity index (χ1n) is 5.01. The Labute approximate surface area is 102 Å². The van der Waals surface area contributed by atoms with E-state index >= 15 is 0 Å². The first-order chi connectivity index (χ1) is 8.22. The Kier molecular flexibility index (Phi) is 3.39. The van der Waals surface area contributed by atoms with Crippen molar-refractivity contribution in [1.82, 2.24) is 15.5 Å². The SMILES string of the molecule is O=C(CCl)NCc1n[nH]c(=O)c2ccccc12. The number of amides is 1. The van der Waals surface area contributed by atoms with Crippen molar-refractivity contribution in [3.05, 3.63) is 40.3 Å². The fraction of sp³-hybridized carbons (Fsp3) is 0.182. The molecule has 0 aliphatic rings. The Morgan fingerprint density at radius 2 is 2.06 bits per heavy atom. The van der Waals surface area contributed by atoms with Crippen LogP contribution < -0.4 is 10.9 Å². The van der Waals surface area contributed by atoms with Gasteiger partial charge in [0.25, 0.3) is 5.56 Å². The van der Waals surface area contributed by atoms with Crippen LogP contribution in [-0.2, 0) is 11.3 Å². The van der Waals surface area contributed by atoms with Crippen LogP contribution in [0.25, 0.3) is 10.8 Å². The molecule has 0 bridgehead atoms. The number of aromatic amines is 1. The fourth-order valence-electron chi connectivity index (χ4n) is 1.54. The van der Waals surface area contributed by atoms with Gasteiger partial charge >= 0.3 is 0 Å². The zero-order valence-corrected chi connectivity index (χ0v) is 9.62. The number of nitrogens with one attached hydrogen (secondary N) is 2. The van der Waals surface area contributed by atoms with Crippen molar-refractivity contribution in [2.24, 2.45) is 0 Å². The van der Waals surface area contributed by atoms with Gasteiger partial charge in [-0.1, -0.05) is 18.2 Å². The van der Waals surface area contributed by atoms with Gasteiger partial charge in [0.05, 0.1) is 17.6 Å². The number of aromatic nitrogens is 2. The second kappa shape index (κ2) is 4.97. The standard InChI is InChI=1S/C11H10ClN3O2/c12-5-10(16)13-6-9-7-3-1-2-4-8(7)11(17)15-14-9/h1-4H,5-6H2,(H,13,16)(H,15,17). The summed E-state index contributed by atoms with van der Waals surface area (Å²) in [5.74, 6) is -0.370. The maximum absolute atomic E-state index is 11.5. The number of rotatable bonds is 3. The van der Waals surface area contributed by atoms with Crippen molar-refractivity contribution in [2.75, 3.05) is 5.88 Å². The van der Waals surface area contributed by atoms with Crippen LogP contribution in [-0.4, -0.2) is 22.0 Å². The molecule has 1 amide bonds. The molecule has 1 aromatic carbocycles. The first kappa shape index (κ1) is 11.6. The highest BCUT2D eigenvalue weighted by molar-refractivity contribution is 6.27. The molecule has 0 saturated heterocycles. The molecule has 0 spiro atoms. The number of halogens is 1. The number of alkyl halides is 1. The summed E-state index contributed by atoms with van der Waals surface area (Å²) in [5, 5.41) is 10.2. The van der Waals surface area contributed by atoms with E-state index in [0.29, 0.717) is 11.1 Å². The van der Waals surface area contributed by atoms with Crippen LogP contribution in [0.5, 0.6) is 0 Å². The molecular formula is C11H10ClN3O2. The van der Waals surface area contributed by atoms with E-state index in [-0.39, 0.29) is 23.9 Å². The third-order valence-corrected chi connectivity index (χ3v) is 2.59. The molecule has 0 aliphatic carbocycles. The van der Waals surface area contributed by atoms with Gasteiger partial charge in [0.1, 0.15) is 5.88 Å². The summed E-state index contributed by atoms with van der Waals surface area (Å²) in [4.78, 5) is 22.5. The smallest absolute Gasteiger partial charge is 0.272 e. The third kappa shape index (κ3) is 2.45. The summed E-state index contributed by atoms with van der Waals surface area (Å²) in [6.07, 6.45) is 0. The van der Waals surface area contributed by atoms with Gasteiger partial charge in [-0.15, -0.1) is 11.6 Å². The number of hydrogen-bond acceptors (Lipinski definition) is 3. The molecule has 5 nitrogen and oxygen atoms in total. The highest BCUT2D eigenvalue weighted by Gasteiger charge is 2.06. The lowest BCUT2D eigenvalue weighted by Gasteiger charge is -2.05. The second-order valence-electron chi connectivity index (χ2n) is 3.46. The van der Waals surface area contributed by atoms with E-state index in [1.807, 2.05) is 6.07 Å². The summed E-state index contributed by atoms with van der Waals surface area (Å²) < 4.78 is 0. The summed E-state index contributed by atoms with van der Waals surface area (Å²) in [6.45, 7) is 0.239. The largest absolute Gasteiger partial charge is 0.349 e. The van der Waals surface area contributed by atoms with Crippen LogP contribution in [0, 0.1) is 0 Å². The maximum atomic E-state index is 11.5. The average Bonchev–Trinajstić information content (AvgIpc) is 2.38.